The third kappa shape index (κ3) is 7.19. The Bertz CT molecular complexity index is 393. The first-order valence-corrected chi connectivity index (χ1v) is 7.13. The highest BCUT2D eigenvalue weighted by Gasteiger charge is 2.09. The van der Waals surface area contributed by atoms with Crippen LogP contribution in [0.5, 0.6) is 0 Å². The average molecular weight is 286 g/mol. The summed E-state index contributed by atoms with van der Waals surface area (Å²) >= 11 is 1.42. The number of ether oxygens (including phenoxy) is 1. The minimum atomic E-state index is -0.189. The normalized spacial score (nSPS) is 11.3. The van der Waals surface area contributed by atoms with E-state index < -0.39 is 0 Å². The van der Waals surface area contributed by atoms with Gasteiger partial charge in [0.25, 0.3) is 5.91 Å². The van der Waals surface area contributed by atoms with E-state index in [1.165, 1.54) is 11.3 Å². The molecule has 7 heteroatoms. The van der Waals surface area contributed by atoms with Crippen LogP contribution in [0.2, 0.25) is 0 Å². The van der Waals surface area contributed by atoms with E-state index in [0.717, 1.165) is 18.0 Å². The van der Waals surface area contributed by atoms with Gasteiger partial charge in [-0.3, -0.25) is 10.1 Å². The highest BCUT2D eigenvalue weighted by atomic mass is 32.1. The number of rotatable bonds is 8. The van der Waals surface area contributed by atoms with Crippen LogP contribution < -0.4 is 5.32 Å². The maximum absolute atomic E-state index is 11.6. The number of hydrogen-bond donors (Lipinski definition) is 1. The molecule has 0 aliphatic heterocycles. The van der Waals surface area contributed by atoms with E-state index in [2.05, 4.69) is 29.4 Å². The summed E-state index contributed by atoms with van der Waals surface area (Å²) in [7, 11) is 3.92. The molecule has 0 bridgehead atoms. The molecule has 0 spiro atoms. The number of hydrogen-bond acceptors (Lipinski definition) is 6. The first-order chi connectivity index (χ1) is 8.97. The van der Waals surface area contributed by atoms with Gasteiger partial charge >= 0.3 is 0 Å². The number of aromatic nitrogens is 2. The van der Waals surface area contributed by atoms with Crippen LogP contribution in [-0.4, -0.2) is 54.9 Å². The van der Waals surface area contributed by atoms with Crippen molar-refractivity contribution in [2.45, 2.75) is 20.3 Å². The lowest BCUT2D eigenvalue weighted by molar-refractivity contribution is -0.120. The number of carbonyl (C=O) groups is 1. The van der Waals surface area contributed by atoms with Crippen LogP contribution in [0.15, 0.2) is 0 Å². The van der Waals surface area contributed by atoms with Crippen LogP contribution in [0.1, 0.15) is 18.9 Å². The molecule has 108 valence electrons. The third-order valence-corrected chi connectivity index (χ3v) is 3.07. The standard InChI is InChI=1S/C12H22N4O2S/c1-9(2)7-11-14-15-12(19-11)13-10(17)8-18-6-5-16(3)4/h9H,5-8H2,1-4H3,(H,13,15,17). The zero-order valence-electron chi connectivity index (χ0n) is 12.0. The second-order valence-corrected chi connectivity index (χ2v) is 6.07. The van der Waals surface area contributed by atoms with Gasteiger partial charge in [-0.2, -0.15) is 0 Å². The quantitative estimate of drug-likeness (QED) is 0.729. The molecule has 0 aliphatic carbocycles. The monoisotopic (exact) mass is 286 g/mol. The molecule has 0 saturated heterocycles. The fraction of sp³-hybridized carbons (Fsp3) is 0.750. The van der Waals surface area contributed by atoms with Crippen molar-refractivity contribution in [1.82, 2.24) is 15.1 Å². The van der Waals surface area contributed by atoms with Gasteiger partial charge in [-0.05, 0) is 20.0 Å². The zero-order chi connectivity index (χ0) is 14.3. The SMILES string of the molecule is CC(C)Cc1nnc(NC(=O)COCCN(C)C)s1. The molecule has 1 rings (SSSR count). The van der Waals surface area contributed by atoms with Gasteiger partial charge in [-0.25, -0.2) is 0 Å². The third-order valence-electron chi connectivity index (χ3n) is 2.21. The largest absolute Gasteiger partial charge is 0.370 e. The lowest BCUT2D eigenvalue weighted by Crippen LogP contribution is -2.23. The fourth-order valence-electron chi connectivity index (χ4n) is 1.30. The summed E-state index contributed by atoms with van der Waals surface area (Å²) < 4.78 is 5.25. The fourth-order valence-corrected chi connectivity index (χ4v) is 2.27. The highest BCUT2D eigenvalue weighted by molar-refractivity contribution is 7.15. The number of nitrogens with zero attached hydrogens (tertiary/aromatic N) is 3. The van der Waals surface area contributed by atoms with E-state index in [-0.39, 0.29) is 12.5 Å². The lowest BCUT2D eigenvalue weighted by atomic mass is 10.1. The lowest BCUT2D eigenvalue weighted by Gasteiger charge is -2.09. The van der Waals surface area contributed by atoms with Crippen molar-refractivity contribution in [1.29, 1.82) is 0 Å². The molecule has 1 aromatic rings. The molecule has 0 atom stereocenters. The molecule has 19 heavy (non-hydrogen) atoms. The molecule has 1 aromatic heterocycles. The van der Waals surface area contributed by atoms with Crippen LogP contribution in [0, 0.1) is 5.92 Å². The number of likely N-dealkylation sites (N-methyl/N-ethyl adjacent to an activating group) is 1. The number of carbonyl (C=O) groups excluding carboxylic acids is 1. The van der Waals surface area contributed by atoms with Gasteiger partial charge < -0.3 is 9.64 Å². The Kier molecular flexibility index (Phi) is 6.90. The second-order valence-electron chi connectivity index (χ2n) is 5.00. The molecule has 0 aliphatic rings. The van der Waals surface area contributed by atoms with Crippen molar-refractivity contribution in [3.63, 3.8) is 0 Å². The molecule has 0 saturated carbocycles. The second kappa shape index (κ2) is 8.19. The van der Waals surface area contributed by atoms with Gasteiger partial charge in [0.1, 0.15) is 11.6 Å². The van der Waals surface area contributed by atoms with Gasteiger partial charge in [0.05, 0.1) is 6.61 Å². The summed E-state index contributed by atoms with van der Waals surface area (Å²) in [6, 6.07) is 0. The summed E-state index contributed by atoms with van der Waals surface area (Å²) in [6.45, 7) is 5.63. The Morgan fingerprint density at radius 3 is 2.79 bits per heavy atom. The molecule has 6 nitrogen and oxygen atoms in total. The smallest absolute Gasteiger partial charge is 0.252 e. The summed E-state index contributed by atoms with van der Waals surface area (Å²) in [5.74, 6) is 0.344. The molecule has 1 N–H and O–H groups in total. The summed E-state index contributed by atoms with van der Waals surface area (Å²) in [6.07, 6.45) is 0.882. The highest BCUT2D eigenvalue weighted by Crippen LogP contribution is 2.17. The van der Waals surface area contributed by atoms with Gasteiger partial charge in [0.15, 0.2) is 0 Å². The minimum Gasteiger partial charge on any atom is -0.370 e. The predicted molar refractivity (Wildman–Crippen MR) is 76.5 cm³/mol. The van der Waals surface area contributed by atoms with Crippen LogP contribution in [0.25, 0.3) is 0 Å². The molecule has 0 radical (unpaired) electrons. The number of amides is 1. The maximum atomic E-state index is 11.6. The first kappa shape index (κ1) is 16.0. The molecular formula is C12H22N4O2S. The summed E-state index contributed by atoms with van der Waals surface area (Å²) in [5, 5.41) is 12.1. The maximum Gasteiger partial charge on any atom is 0.252 e. The van der Waals surface area contributed by atoms with E-state index in [4.69, 9.17) is 4.74 Å². The molecule has 1 amide bonds. The van der Waals surface area contributed by atoms with E-state index in [9.17, 15) is 4.79 Å². The Hall–Kier alpha value is -1.05. The topological polar surface area (TPSA) is 67.3 Å². The molecule has 0 aromatic carbocycles. The van der Waals surface area contributed by atoms with Crippen molar-refractivity contribution in [2.24, 2.45) is 5.92 Å². The first-order valence-electron chi connectivity index (χ1n) is 6.32. The minimum absolute atomic E-state index is 0.0485. The molecule has 0 fully saturated rings. The van der Waals surface area contributed by atoms with Crippen LogP contribution in [-0.2, 0) is 16.0 Å². The Morgan fingerprint density at radius 2 is 2.16 bits per heavy atom. The van der Waals surface area contributed by atoms with Gasteiger partial charge in [0, 0.05) is 13.0 Å². The summed E-state index contributed by atoms with van der Waals surface area (Å²) in [4.78, 5) is 13.6. The number of anilines is 1. The Labute approximate surface area is 118 Å². The van der Waals surface area contributed by atoms with E-state index in [0.29, 0.717) is 17.7 Å². The average Bonchev–Trinajstić information content (AvgIpc) is 2.70. The Morgan fingerprint density at radius 1 is 1.42 bits per heavy atom. The predicted octanol–water partition coefficient (Wildman–Crippen LogP) is 1.25. The van der Waals surface area contributed by atoms with Crippen LogP contribution in [0.4, 0.5) is 5.13 Å². The molecular weight excluding hydrogens is 264 g/mol. The van der Waals surface area contributed by atoms with Crippen molar-refractivity contribution < 1.29 is 9.53 Å². The van der Waals surface area contributed by atoms with Crippen molar-refractivity contribution >= 4 is 22.4 Å². The van der Waals surface area contributed by atoms with Crippen molar-refractivity contribution in [3.05, 3.63) is 5.01 Å². The molecule has 0 unspecified atom stereocenters. The number of nitrogens with one attached hydrogen (secondary N) is 1. The van der Waals surface area contributed by atoms with Crippen molar-refractivity contribution in [3.8, 4) is 0 Å². The summed E-state index contributed by atoms with van der Waals surface area (Å²) in [5.41, 5.74) is 0. The van der Waals surface area contributed by atoms with E-state index in [1.54, 1.807) is 0 Å². The molecule has 1 heterocycles. The van der Waals surface area contributed by atoms with Crippen LogP contribution >= 0.6 is 11.3 Å². The van der Waals surface area contributed by atoms with E-state index in [1.807, 2.05) is 19.0 Å². The Balaban J connectivity index is 2.26. The van der Waals surface area contributed by atoms with Gasteiger partial charge in [-0.1, -0.05) is 25.2 Å². The van der Waals surface area contributed by atoms with E-state index >= 15 is 0 Å². The van der Waals surface area contributed by atoms with Gasteiger partial charge in [-0.15, -0.1) is 10.2 Å². The van der Waals surface area contributed by atoms with Crippen LogP contribution in [0.3, 0.4) is 0 Å². The van der Waals surface area contributed by atoms with Gasteiger partial charge in [0.2, 0.25) is 5.13 Å². The van der Waals surface area contributed by atoms with Crippen molar-refractivity contribution in [2.75, 3.05) is 39.2 Å². The zero-order valence-corrected chi connectivity index (χ0v) is 12.8.